The first-order chi connectivity index (χ1) is 11.7. The average Bonchev–Trinajstić information content (AvgIpc) is 2.57. The zero-order chi connectivity index (χ0) is 17.9. The van der Waals surface area contributed by atoms with E-state index in [1.54, 1.807) is 6.08 Å². The molecule has 0 aromatic heterocycles. The minimum atomic E-state index is -0.269. The number of hydrogen-bond donors (Lipinski definition) is 0. The molecule has 0 aromatic rings. The summed E-state index contributed by atoms with van der Waals surface area (Å²) < 4.78 is 0. The Morgan fingerprint density at radius 1 is 0.958 bits per heavy atom. The molecule has 0 fully saturated rings. The van der Waals surface area contributed by atoms with Gasteiger partial charge < -0.3 is 0 Å². The van der Waals surface area contributed by atoms with Crippen LogP contribution in [-0.4, -0.2) is 11.2 Å². The molecule has 4 heteroatoms. The van der Waals surface area contributed by atoms with Gasteiger partial charge >= 0.3 is 0 Å². The molecule has 0 heterocycles. The number of nitrogens with zero attached hydrogens (tertiary/aromatic N) is 1. The Bertz CT molecular complexity index is 411. The lowest BCUT2D eigenvalue weighted by Crippen LogP contribution is -1.97. The predicted octanol–water partition coefficient (Wildman–Crippen LogP) is 6.07. The molecular weight excluding hydrogens is 302 g/mol. The molecule has 0 aliphatic heterocycles. The molecular formula is C20H32NO3. The number of nitro groups is 1. The molecule has 0 rings (SSSR count). The van der Waals surface area contributed by atoms with Gasteiger partial charge in [0.1, 0.15) is 0 Å². The molecule has 0 saturated carbocycles. The fourth-order valence-corrected chi connectivity index (χ4v) is 2.30. The van der Waals surface area contributed by atoms with Gasteiger partial charge in [-0.2, -0.15) is 0 Å². The smallest absolute Gasteiger partial charge is 0.246 e. The third-order valence-electron chi connectivity index (χ3n) is 3.75. The Balaban J connectivity index is 3.78. The van der Waals surface area contributed by atoms with Crippen LogP contribution in [0.3, 0.4) is 0 Å². The largest absolute Gasteiger partial charge is 0.291 e. The van der Waals surface area contributed by atoms with Crippen molar-refractivity contribution in [1.82, 2.24) is 0 Å². The summed E-state index contributed by atoms with van der Waals surface area (Å²) in [5.41, 5.74) is 0.305. The first-order valence-electron chi connectivity index (χ1n) is 9.20. The Morgan fingerprint density at radius 3 is 2.38 bits per heavy atom. The lowest BCUT2D eigenvalue weighted by atomic mass is 10.1. The number of unbranched alkanes of at least 4 members (excludes halogenated alkanes) is 8. The van der Waals surface area contributed by atoms with Gasteiger partial charge in [0.15, 0.2) is 6.29 Å². The number of hydrogen-bond acceptors (Lipinski definition) is 3. The second-order valence-electron chi connectivity index (χ2n) is 5.93. The zero-order valence-corrected chi connectivity index (χ0v) is 15.0. The predicted molar refractivity (Wildman–Crippen MR) is 100 cm³/mol. The molecule has 0 aliphatic rings. The van der Waals surface area contributed by atoms with Crippen LogP contribution in [0.25, 0.3) is 0 Å². The highest BCUT2D eigenvalue weighted by Gasteiger charge is 2.06. The van der Waals surface area contributed by atoms with Crippen molar-refractivity contribution in [2.75, 3.05) is 0 Å². The molecule has 0 saturated heterocycles. The van der Waals surface area contributed by atoms with Gasteiger partial charge in [-0.1, -0.05) is 56.9 Å². The average molecular weight is 334 g/mol. The maximum Gasteiger partial charge on any atom is 0.246 e. The van der Waals surface area contributed by atoms with Crippen LogP contribution in [0.5, 0.6) is 0 Å². The van der Waals surface area contributed by atoms with E-state index in [0.29, 0.717) is 18.5 Å². The lowest BCUT2D eigenvalue weighted by molar-refractivity contribution is -0.427. The summed E-state index contributed by atoms with van der Waals surface area (Å²) >= 11 is 0. The van der Waals surface area contributed by atoms with Crippen LogP contribution in [0, 0.1) is 10.1 Å². The topological polar surface area (TPSA) is 60.2 Å². The Kier molecular flexibility index (Phi) is 16.4. The Hall–Kier alpha value is -1.71. The summed E-state index contributed by atoms with van der Waals surface area (Å²) in [5.74, 6) is 0. The van der Waals surface area contributed by atoms with Gasteiger partial charge in [-0.3, -0.25) is 14.9 Å². The van der Waals surface area contributed by atoms with Gasteiger partial charge in [-0.05, 0) is 44.6 Å². The SMILES string of the molecule is CCCCC/C=C(/C/C=C/C/C=C/CCCCCC[C]=O)[N+](=O)[O-]. The normalized spacial score (nSPS) is 12.3. The van der Waals surface area contributed by atoms with Crippen molar-refractivity contribution in [1.29, 1.82) is 0 Å². The Labute approximate surface area is 146 Å². The van der Waals surface area contributed by atoms with E-state index < -0.39 is 0 Å². The quantitative estimate of drug-likeness (QED) is 0.149. The molecule has 0 N–H and O–H groups in total. The molecule has 135 valence electrons. The van der Waals surface area contributed by atoms with Gasteiger partial charge in [0.2, 0.25) is 5.70 Å². The van der Waals surface area contributed by atoms with Gasteiger partial charge in [-0.15, -0.1) is 0 Å². The van der Waals surface area contributed by atoms with Gasteiger partial charge in [0, 0.05) is 6.42 Å². The highest BCUT2D eigenvalue weighted by Crippen LogP contribution is 2.09. The van der Waals surface area contributed by atoms with E-state index >= 15 is 0 Å². The highest BCUT2D eigenvalue weighted by molar-refractivity contribution is 5.50. The zero-order valence-electron chi connectivity index (χ0n) is 15.0. The third kappa shape index (κ3) is 15.2. The van der Waals surface area contributed by atoms with E-state index in [0.717, 1.165) is 64.2 Å². The summed E-state index contributed by atoms with van der Waals surface area (Å²) in [6, 6.07) is 0. The molecule has 1 radical (unpaired) electrons. The number of allylic oxidation sites excluding steroid dienone is 5. The fourth-order valence-electron chi connectivity index (χ4n) is 2.30. The summed E-state index contributed by atoms with van der Waals surface area (Å²) in [6.45, 7) is 2.13. The fraction of sp³-hybridized carbons (Fsp3) is 0.650. The van der Waals surface area contributed by atoms with E-state index in [4.69, 9.17) is 0 Å². The van der Waals surface area contributed by atoms with E-state index in [-0.39, 0.29) is 4.92 Å². The van der Waals surface area contributed by atoms with Crippen LogP contribution in [0.4, 0.5) is 0 Å². The van der Waals surface area contributed by atoms with E-state index in [9.17, 15) is 14.9 Å². The van der Waals surface area contributed by atoms with Crippen LogP contribution in [0.1, 0.15) is 84.0 Å². The van der Waals surface area contributed by atoms with Crippen molar-refractivity contribution in [2.24, 2.45) is 0 Å². The highest BCUT2D eigenvalue weighted by atomic mass is 16.6. The summed E-state index contributed by atoms with van der Waals surface area (Å²) in [7, 11) is 0. The number of carbonyl (C=O) groups excluding carboxylic acids is 1. The van der Waals surface area contributed by atoms with Gasteiger partial charge in [-0.25, -0.2) is 0 Å². The molecule has 0 atom stereocenters. The molecule has 24 heavy (non-hydrogen) atoms. The van der Waals surface area contributed by atoms with E-state index in [2.05, 4.69) is 19.1 Å². The first-order valence-corrected chi connectivity index (χ1v) is 9.20. The molecule has 0 aromatic carbocycles. The van der Waals surface area contributed by atoms with Crippen molar-refractivity contribution in [3.05, 3.63) is 46.2 Å². The van der Waals surface area contributed by atoms with Gasteiger partial charge in [0.25, 0.3) is 0 Å². The molecule has 0 aliphatic carbocycles. The minimum Gasteiger partial charge on any atom is -0.291 e. The van der Waals surface area contributed by atoms with Crippen LogP contribution in [0.15, 0.2) is 36.1 Å². The lowest BCUT2D eigenvalue weighted by Gasteiger charge is -1.96. The van der Waals surface area contributed by atoms with Crippen LogP contribution in [-0.2, 0) is 4.79 Å². The van der Waals surface area contributed by atoms with Crippen molar-refractivity contribution in [2.45, 2.75) is 84.0 Å². The summed E-state index contributed by atoms with van der Waals surface area (Å²) in [4.78, 5) is 20.7. The minimum absolute atomic E-state index is 0.269. The van der Waals surface area contributed by atoms with Crippen LogP contribution < -0.4 is 0 Å². The molecule has 4 nitrogen and oxygen atoms in total. The Morgan fingerprint density at radius 2 is 1.67 bits per heavy atom. The van der Waals surface area contributed by atoms with Gasteiger partial charge in [0.05, 0.1) is 11.3 Å². The standard InChI is InChI=1S/C20H32NO3/c1-2-3-4-14-17-20(21(23)24)18-15-12-10-8-6-5-7-9-11-13-16-19-22/h6,8,12,15,17H,2-5,7,9-11,13-14,16,18H2,1H3/b8-6+,15-12+,20-17-. The monoisotopic (exact) mass is 334 g/mol. The van der Waals surface area contributed by atoms with Crippen molar-refractivity contribution in [3.63, 3.8) is 0 Å². The summed E-state index contributed by atoms with van der Waals surface area (Å²) in [6.07, 6.45) is 23.0. The maximum atomic E-state index is 11.0. The van der Waals surface area contributed by atoms with Crippen molar-refractivity contribution >= 4 is 6.29 Å². The molecule has 0 unspecified atom stereocenters. The van der Waals surface area contributed by atoms with E-state index in [1.165, 1.54) is 0 Å². The first kappa shape index (κ1) is 22.3. The summed E-state index contributed by atoms with van der Waals surface area (Å²) in [5, 5.41) is 11.0. The van der Waals surface area contributed by atoms with Crippen molar-refractivity contribution in [3.8, 4) is 0 Å². The molecule has 0 spiro atoms. The van der Waals surface area contributed by atoms with Crippen LogP contribution >= 0.6 is 0 Å². The second kappa shape index (κ2) is 17.6. The van der Waals surface area contributed by atoms with Crippen LogP contribution in [0.2, 0.25) is 0 Å². The van der Waals surface area contributed by atoms with Crippen molar-refractivity contribution < 1.29 is 9.72 Å². The van der Waals surface area contributed by atoms with E-state index in [1.807, 2.05) is 18.4 Å². The number of rotatable bonds is 16. The maximum absolute atomic E-state index is 11.0. The second-order valence-corrected chi connectivity index (χ2v) is 5.93. The third-order valence-corrected chi connectivity index (χ3v) is 3.75. The molecule has 0 bridgehead atoms. The molecule has 0 amide bonds.